The lowest BCUT2D eigenvalue weighted by Gasteiger charge is -2.11. The highest BCUT2D eigenvalue weighted by molar-refractivity contribution is 5.80. The molecule has 10 N–H and O–H groups in total. The molecule has 0 unspecified atom stereocenters. The van der Waals surface area contributed by atoms with E-state index < -0.39 is 0 Å². The number of carbonyl (C=O) groups excluding carboxylic acids is 1. The van der Waals surface area contributed by atoms with E-state index in [1.807, 2.05) is 61.2 Å². The summed E-state index contributed by atoms with van der Waals surface area (Å²) in [4.78, 5) is 26.9. The number of aliphatic imine (C=N–C) groups is 2. The van der Waals surface area contributed by atoms with Gasteiger partial charge in [-0.3, -0.25) is 15.1 Å². The number of oxazole rings is 1. The average Bonchev–Trinajstić information content (AvgIpc) is 1.90. The minimum atomic E-state index is 0.454. The lowest BCUT2D eigenvalue weighted by Crippen LogP contribution is -2.39. The van der Waals surface area contributed by atoms with Crippen molar-refractivity contribution in [2.45, 2.75) is 451 Å². The summed E-state index contributed by atoms with van der Waals surface area (Å²) in [6, 6.07) is 11.4. The summed E-state index contributed by atoms with van der Waals surface area (Å²) in [7, 11) is 0. The molecule has 145 heavy (non-hydrogen) atoms. The minimum Gasteiger partial charge on any atom is -0.478 e. The Morgan fingerprint density at radius 2 is 0.566 bits per heavy atom. The SMILES string of the molecule is C1=NC=NC1.C1CCNC1.C1CCOC1.C1CCOCC1.C1CNCCN1.C1COCCN1.C1COCN1.C=C1NCCN1.C=C1NCCO1.CC(C)(C)C.CC(C)(C)C.CC(C)(C)C.CC(C)(C)C.CC(C)(C)C.CC(C)(C)C.CC(C)(C)C.CC(C)(C)C.CC(C)(C)C.CC(C)(C)C.CC(C)(C)C.CC(C)(C)C.CC(C)(C)C.CC(C)C.O=C1CCCC1.c1cc[nH]c1.c1cc[nH]c1.c1ccoc1.c1cocn1. The molecular weight excluding hydrogens is 1800 g/mol. The van der Waals surface area contributed by atoms with Crippen molar-refractivity contribution in [3.63, 3.8) is 0 Å². The third-order valence-corrected chi connectivity index (χ3v) is 10.2. The number of hydrogen-bond acceptors (Lipinski definition) is 19. The van der Waals surface area contributed by atoms with Gasteiger partial charge in [0.2, 0.25) is 0 Å². The molecule has 4 aromatic heterocycles. The zero-order valence-electron chi connectivity index (χ0n) is 108. The molecule has 21 heteroatoms. The van der Waals surface area contributed by atoms with Gasteiger partial charge in [-0.15, -0.1) is 0 Å². The van der Waals surface area contributed by atoms with E-state index in [2.05, 4.69) is 470 Å². The van der Waals surface area contributed by atoms with E-state index in [1.54, 1.807) is 31.3 Å². The van der Waals surface area contributed by atoms with E-state index in [4.69, 9.17) is 23.7 Å². The first-order valence-corrected chi connectivity index (χ1v) is 54.9. The number of hydrogen-bond donors (Lipinski definition) is 10. The molecule has 9 aliphatic heterocycles. The van der Waals surface area contributed by atoms with Crippen LogP contribution in [0.3, 0.4) is 0 Å². The molecule has 8 saturated heterocycles. The lowest BCUT2D eigenvalue weighted by atomic mass is 10.0. The van der Waals surface area contributed by atoms with Gasteiger partial charge in [-0.05, 0) is 190 Å². The number of H-pyrrole nitrogens is 2. The molecule has 10 aliphatic rings. The maximum Gasteiger partial charge on any atom is 0.180 e. The number of ketones is 1. The molecule has 0 aromatic carbocycles. The number of piperazine rings is 1. The van der Waals surface area contributed by atoms with E-state index in [9.17, 15) is 4.79 Å². The van der Waals surface area contributed by atoms with Crippen molar-refractivity contribution in [3.05, 3.63) is 117 Å². The number of morpholine rings is 1. The first kappa shape index (κ1) is 170. The van der Waals surface area contributed by atoms with Crippen molar-refractivity contribution < 1.29 is 37.3 Å². The van der Waals surface area contributed by atoms with Gasteiger partial charge in [-0.25, -0.2) is 9.98 Å². The van der Waals surface area contributed by atoms with Crippen LogP contribution < -0.4 is 42.5 Å². The summed E-state index contributed by atoms with van der Waals surface area (Å²) < 4.78 is 33.8. The average molecular weight is 2060 g/mol. The number of nitrogens with one attached hydrogen (secondary N) is 10. The maximum absolute atomic E-state index is 10.2. The summed E-state index contributed by atoms with van der Waals surface area (Å²) in [5.74, 6) is 2.94. The van der Waals surface area contributed by atoms with Crippen LogP contribution in [0.15, 0.2) is 136 Å². The zero-order chi connectivity index (χ0) is 116. The highest BCUT2D eigenvalue weighted by Crippen LogP contribution is 2.16. The second kappa shape index (κ2) is 110. The highest BCUT2D eigenvalue weighted by atomic mass is 16.5. The fourth-order valence-electron chi connectivity index (χ4n) is 6.17. The molecule has 14 rings (SSSR count). The molecule has 0 spiro atoms. The topological polar surface area (TPSA) is 255 Å². The Labute approximate surface area is 907 Å². The van der Waals surface area contributed by atoms with E-state index in [0.29, 0.717) is 82.1 Å². The fourth-order valence-corrected chi connectivity index (χ4v) is 6.17. The van der Waals surface area contributed by atoms with Crippen molar-refractivity contribution in [2.24, 2.45) is 86.3 Å². The largest absolute Gasteiger partial charge is 0.478 e. The maximum atomic E-state index is 10.2. The molecule has 0 atom stereocenters. The van der Waals surface area contributed by atoms with Crippen LogP contribution in [0.2, 0.25) is 0 Å². The Bertz CT molecular complexity index is 2300. The van der Waals surface area contributed by atoms with Crippen LogP contribution in [0.4, 0.5) is 0 Å². The first-order valence-electron chi connectivity index (χ1n) is 54.9. The third-order valence-electron chi connectivity index (χ3n) is 10.2. The number of aromatic nitrogens is 3. The lowest BCUT2D eigenvalue weighted by molar-refractivity contribution is -0.117. The first-order chi connectivity index (χ1) is 65.4. The van der Waals surface area contributed by atoms with Crippen LogP contribution in [-0.4, -0.2) is 178 Å². The van der Waals surface area contributed by atoms with E-state index in [-0.39, 0.29) is 0 Å². The van der Waals surface area contributed by atoms with Gasteiger partial charge >= 0.3 is 0 Å². The van der Waals surface area contributed by atoms with Crippen LogP contribution in [0.1, 0.15) is 451 Å². The second-order valence-corrected chi connectivity index (χ2v) is 57.4. The molecule has 0 bridgehead atoms. The van der Waals surface area contributed by atoms with E-state index in [1.165, 1.54) is 70.7 Å². The monoisotopic (exact) mass is 2060 g/mol. The molecule has 1 saturated carbocycles. The van der Waals surface area contributed by atoms with Gasteiger partial charge in [0.1, 0.15) is 25.0 Å². The molecule has 0 radical (unpaired) electrons. The Morgan fingerprint density at radius 1 is 0.290 bits per heavy atom. The van der Waals surface area contributed by atoms with Gasteiger partial charge < -0.3 is 79.7 Å². The van der Waals surface area contributed by atoms with Gasteiger partial charge in [0, 0.05) is 129 Å². The summed E-state index contributed by atoms with van der Waals surface area (Å²) in [6.45, 7) is 149. The van der Waals surface area contributed by atoms with Crippen molar-refractivity contribution in [1.82, 2.24) is 57.5 Å². The summed E-state index contributed by atoms with van der Waals surface area (Å²) in [6.07, 6.45) is 31.8. The smallest absolute Gasteiger partial charge is 0.180 e. The van der Waals surface area contributed by atoms with Crippen molar-refractivity contribution in [3.8, 4) is 0 Å². The number of rotatable bonds is 0. The number of ether oxygens (including phenoxy) is 5. The minimum absolute atomic E-state index is 0.454. The van der Waals surface area contributed by atoms with Crippen molar-refractivity contribution >= 4 is 18.3 Å². The molecule has 21 nitrogen and oxygen atoms in total. The predicted octanol–water partition coefficient (Wildman–Crippen LogP) is 34.0. The van der Waals surface area contributed by atoms with Gasteiger partial charge in [0.25, 0.3) is 0 Å². The highest BCUT2D eigenvalue weighted by Gasteiger charge is 2.09. The molecule has 0 amide bonds. The summed E-state index contributed by atoms with van der Waals surface area (Å²) in [5.41, 5.74) is 6.50. The third kappa shape index (κ3) is 478. The van der Waals surface area contributed by atoms with Crippen LogP contribution in [0.25, 0.3) is 0 Å². The molecule has 9 fully saturated rings. The van der Waals surface area contributed by atoms with Crippen molar-refractivity contribution in [1.29, 1.82) is 0 Å². The van der Waals surface area contributed by atoms with Crippen molar-refractivity contribution in [2.75, 3.05) is 145 Å². The van der Waals surface area contributed by atoms with Gasteiger partial charge in [-0.1, -0.05) is 387 Å². The standard InChI is InChI=1S/C5H10O.C5H8O.13C5H12.C4H8N2.C4H10N2.C4H7NO.C4H9NO.C4H9N.2C4H5N.C4H8O.C4H4O.C4H10.C3H4N2.C3H7NO.C3H3NO/c1-2-4-6-5-3-1;6-5-3-1-2-4-5;13*1-5(2,3)4;1-4-5-2-3-6-4;1-2-6-4-3-5-1;1-4-5-2-3-6-4;1-3-6-4-2-5-1;5*1-2-4-5-3-1;1-4(2)3;3*1-2-5-3-4-1/h1-5H2;1-4H2;13*1-4H3;5-6H,1-3H2;5-6H,1-4H2;5H,1-3H2;5H,1-4H2;5H,1-4H2;2*1-5H;1-4H2;1-4H;4H,1-3H3;1,3H,2H2;4H,1-3H2;1-3H. The number of Topliss-reactive ketones (excluding diaryl/α,β-unsaturated/α-hetero) is 1. The van der Waals surface area contributed by atoms with Crippen LogP contribution in [0, 0.1) is 76.3 Å². The Hall–Kier alpha value is -5.62. The van der Waals surface area contributed by atoms with Crippen LogP contribution >= 0.6 is 0 Å². The number of carbonyl (C=O) groups is 1. The molecule has 4 aromatic rings. The fraction of sp³-hybridized carbons (Fsp3) is 0.823. The van der Waals surface area contributed by atoms with Crippen LogP contribution in [0.5, 0.6) is 0 Å². The number of aromatic amines is 2. The quantitative estimate of drug-likeness (QED) is 0.0785. The van der Waals surface area contributed by atoms with Gasteiger partial charge in [-0.2, -0.15) is 0 Å². The number of furan rings is 1. The Kier molecular flexibility index (Phi) is 128. The summed E-state index contributed by atoms with van der Waals surface area (Å²) in [5, 5.41) is 24.8. The molecule has 1 aliphatic carbocycles. The van der Waals surface area contributed by atoms with E-state index >= 15 is 0 Å². The predicted molar refractivity (Wildman–Crippen MR) is 653 cm³/mol. The zero-order valence-corrected chi connectivity index (χ0v) is 108. The molecule has 872 valence electrons. The normalized spacial score (nSPS) is 15.4. The second-order valence-electron chi connectivity index (χ2n) is 57.4. The van der Waals surface area contributed by atoms with Crippen LogP contribution in [-0.2, 0) is 28.5 Å². The number of nitrogens with zero attached hydrogens (tertiary/aromatic N) is 3. The Morgan fingerprint density at radius 3 is 0.655 bits per heavy atom. The van der Waals surface area contributed by atoms with E-state index in [0.717, 1.165) is 169 Å². The molecular formula is C124H263N13O8. The van der Waals surface area contributed by atoms with Gasteiger partial charge in [0.15, 0.2) is 12.3 Å². The van der Waals surface area contributed by atoms with Gasteiger partial charge in [0.05, 0.1) is 64.2 Å². The molecule has 13 heterocycles. The Balaban J connectivity index is -0.000000102. The summed E-state index contributed by atoms with van der Waals surface area (Å²) >= 11 is 0.